The van der Waals surface area contributed by atoms with E-state index in [1.54, 1.807) is 0 Å². The van der Waals surface area contributed by atoms with Gasteiger partial charge in [0.25, 0.3) is 5.89 Å². The Kier molecular flexibility index (Phi) is 2.56. The molecule has 88 valence electrons. The van der Waals surface area contributed by atoms with E-state index in [4.69, 9.17) is 4.42 Å². The average Bonchev–Trinajstić information content (AvgIpc) is 3.06. The Hall–Kier alpha value is -1.82. The van der Waals surface area contributed by atoms with E-state index in [-0.39, 0.29) is 11.5 Å². The van der Waals surface area contributed by atoms with Gasteiger partial charge in [-0.3, -0.25) is 4.98 Å². The highest BCUT2D eigenvalue weighted by Gasteiger charge is 2.21. The van der Waals surface area contributed by atoms with E-state index in [1.807, 2.05) is 0 Å². The SMILES string of the molecule is Fc1cnccc1-c1nnc(CNC2CC2)o1. The normalized spacial score (nSPS) is 15.1. The molecule has 0 amide bonds. The van der Waals surface area contributed by atoms with Gasteiger partial charge < -0.3 is 9.73 Å². The number of hydrogen-bond acceptors (Lipinski definition) is 5. The van der Waals surface area contributed by atoms with Crippen molar-refractivity contribution in [3.05, 3.63) is 30.2 Å². The molecule has 1 aliphatic rings. The van der Waals surface area contributed by atoms with Gasteiger partial charge >= 0.3 is 0 Å². The monoisotopic (exact) mass is 234 g/mol. The second-order valence-corrected chi connectivity index (χ2v) is 4.01. The summed E-state index contributed by atoms with van der Waals surface area (Å²) in [6, 6.07) is 2.09. The van der Waals surface area contributed by atoms with Gasteiger partial charge in [0.2, 0.25) is 5.89 Å². The molecule has 1 saturated carbocycles. The molecule has 3 rings (SSSR count). The molecule has 2 aromatic rings. The van der Waals surface area contributed by atoms with Crippen LogP contribution in [0.15, 0.2) is 22.9 Å². The first-order valence-electron chi connectivity index (χ1n) is 5.48. The number of nitrogens with zero attached hydrogens (tertiary/aromatic N) is 3. The fourth-order valence-electron chi connectivity index (χ4n) is 1.50. The van der Waals surface area contributed by atoms with Crippen LogP contribution in [-0.4, -0.2) is 21.2 Å². The Morgan fingerprint density at radius 3 is 3.06 bits per heavy atom. The lowest BCUT2D eigenvalue weighted by atomic mass is 10.2. The molecule has 6 heteroatoms. The second-order valence-electron chi connectivity index (χ2n) is 4.01. The minimum Gasteiger partial charge on any atom is -0.419 e. The lowest BCUT2D eigenvalue weighted by Gasteiger charge is -1.97. The predicted molar refractivity (Wildman–Crippen MR) is 57.3 cm³/mol. The zero-order valence-electron chi connectivity index (χ0n) is 9.06. The van der Waals surface area contributed by atoms with Crippen LogP contribution in [0, 0.1) is 5.82 Å². The lowest BCUT2D eigenvalue weighted by molar-refractivity contribution is 0.473. The van der Waals surface area contributed by atoms with Gasteiger partial charge in [-0.05, 0) is 18.9 Å². The van der Waals surface area contributed by atoms with Crippen LogP contribution in [0.1, 0.15) is 18.7 Å². The summed E-state index contributed by atoms with van der Waals surface area (Å²) in [5.74, 6) is 0.207. The number of aromatic nitrogens is 3. The third kappa shape index (κ3) is 2.31. The quantitative estimate of drug-likeness (QED) is 0.869. The molecule has 0 spiro atoms. The van der Waals surface area contributed by atoms with Crippen molar-refractivity contribution >= 4 is 0 Å². The summed E-state index contributed by atoms with van der Waals surface area (Å²) in [6.45, 7) is 0.532. The highest BCUT2D eigenvalue weighted by Crippen LogP contribution is 2.21. The molecular formula is C11H11FN4O. The maximum atomic E-state index is 13.4. The van der Waals surface area contributed by atoms with Crippen LogP contribution in [0.25, 0.3) is 11.5 Å². The fourth-order valence-corrected chi connectivity index (χ4v) is 1.50. The van der Waals surface area contributed by atoms with Gasteiger partial charge in [0.1, 0.15) is 0 Å². The number of hydrogen-bond donors (Lipinski definition) is 1. The first-order chi connectivity index (χ1) is 8.33. The minimum absolute atomic E-state index is 0.192. The molecule has 2 heterocycles. The molecular weight excluding hydrogens is 223 g/mol. The van der Waals surface area contributed by atoms with E-state index in [2.05, 4.69) is 20.5 Å². The van der Waals surface area contributed by atoms with Gasteiger partial charge in [0.05, 0.1) is 18.3 Å². The third-order valence-electron chi connectivity index (χ3n) is 2.59. The summed E-state index contributed by atoms with van der Waals surface area (Å²) in [6.07, 6.45) is 5.01. The lowest BCUT2D eigenvalue weighted by Crippen LogP contribution is -2.15. The van der Waals surface area contributed by atoms with Crippen molar-refractivity contribution in [1.29, 1.82) is 0 Å². The van der Waals surface area contributed by atoms with Crippen LogP contribution in [-0.2, 0) is 6.54 Å². The molecule has 0 saturated heterocycles. The fraction of sp³-hybridized carbons (Fsp3) is 0.364. The van der Waals surface area contributed by atoms with Crippen molar-refractivity contribution in [1.82, 2.24) is 20.5 Å². The van der Waals surface area contributed by atoms with Crippen molar-refractivity contribution in [3.63, 3.8) is 0 Å². The number of pyridine rings is 1. The largest absolute Gasteiger partial charge is 0.419 e. The first kappa shape index (κ1) is 10.3. The van der Waals surface area contributed by atoms with E-state index < -0.39 is 5.82 Å². The topological polar surface area (TPSA) is 63.8 Å². The van der Waals surface area contributed by atoms with Gasteiger partial charge in [-0.2, -0.15) is 0 Å². The van der Waals surface area contributed by atoms with Crippen LogP contribution in [0.4, 0.5) is 4.39 Å². The Bertz CT molecular complexity index is 524. The van der Waals surface area contributed by atoms with E-state index in [0.29, 0.717) is 18.5 Å². The van der Waals surface area contributed by atoms with Crippen molar-refractivity contribution < 1.29 is 8.81 Å². The second kappa shape index (κ2) is 4.21. The molecule has 0 aromatic carbocycles. The third-order valence-corrected chi connectivity index (χ3v) is 2.59. The molecule has 0 atom stereocenters. The number of halogens is 1. The Labute approximate surface area is 97.1 Å². The van der Waals surface area contributed by atoms with Crippen molar-refractivity contribution in [2.45, 2.75) is 25.4 Å². The van der Waals surface area contributed by atoms with Crippen LogP contribution in [0.5, 0.6) is 0 Å². The van der Waals surface area contributed by atoms with Gasteiger partial charge in [-0.1, -0.05) is 0 Å². The maximum Gasteiger partial charge on any atom is 0.250 e. The van der Waals surface area contributed by atoms with Crippen molar-refractivity contribution in [2.24, 2.45) is 0 Å². The summed E-state index contributed by atoms with van der Waals surface area (Å²) < 4.78 is 18.8. The average molecular weight is 234 g/mol. The van der Waals surface area contributed by atoms with Crippen molar-refractivity contribution in [3.8, 4) is 11.5 Å². The standard InChI is InChI=1S/C11H11FN4O/c12-9-5-13-4-3-8(9)11-16-15-10(17-11)6-14-7-1-2-7/h3-5,7,14H,1-2,6H2. The highest BCUT2D eigenvalue weighted by molar-refractivity contribution is 5.51. The van der Waals surface area contributed by atoms with Crippen molar-refractivity contribution in [2.75, 3.05) is 0 Å². The van der Waals surface area contributed by atoms with Crippen LogP contribution in [0.2, 0.25) is 0 Å². The molecule has 1 N–H and O–H groups in total. The maximum absolute atomic E-state index is 13.4. The van der Waals surface area contributed by atoms with Crippen LogP contribution < -0.4 is 5.32 Å². The van der Waals surface area contributed by atoms with Crippen LogP contribution in [0.3, 0.4) is 0 Å². The summed E-state index contributed by atoms with van der Waals surface area (Å²) in [5.41, 5.74) is 0.283. The molecule has 17 heavy (non-hydrogen) atoms. The zero-order valence-corrected chi connectivity index (χ0v) is 9.06. The Balaban J connectivity index is 1.77. The van der Waals surface area contributed by atoms with Gasteiger partial charge in [-0.25, -0.2) is 4.39 Å². The molecule has 5 nitrogen and oxygen atoms in total. The zero-order chi connectivity index (χ0) is 11.7. The van der Waals surface area contributed by atoms with Gasteiger partial charge in [0, 0.05) is 12.2 Å². The molecule has 0 radical (unpaired) electrons. The minimum atomic E-state index is -0.460. The van der Waals surface area contributed by atoms with Crippen LogP contribution >= 0.6 is 0 Å². The number of rotatable bonds is 4. The van der Waals surface area contributed by atoms with E-state index >= 15 is 0 Å². The summed E-state index contributed by atoms with van der Waals surface area (Å²) in [7, 11) is 0. The smallest absolute Gasteiger partial charge is 0.250 e. The molecule has 1 fully saturated rings. The molecule has 0 bridgehead atoms. The molecule has 0 unspecified atom stereocenters. The van der Waals surface area contributed by atoms with Gasteiger partial charge in [-0.15, -0.1) is 10.2 Å². The molecule has 0 aliphatic heterocycles. The van der Waals surface area contributed by atoms with E-state index in [9.17, 15) is 4.39 Å². The Morgan fingerprint density at radius 1 is 1.41 bits per heavy atom. The number of nitrogens with one attached hydrogen (secondary N) is 1. The summed E-state index contributed by atoms with van der Waals surface area (Å²) >= 11 is 0. The molecule has 1 aliphatic carbocycles. The van der Waals surface area contributed by atoms with Gasteiger partial charge in [0.15, 0.2) is 5.82 Å². The first-order valence-corrected chi connectivity index (χ1v) is 5.48. The molecule has 2 aromatic heterocycles. The Morgan fingerprint density at radius 2 is 2.29 bits per heavy atom. The predicted octanol–water partition coefficient (Wildman–Crippen LogP) is 1.52. The summed E-state index contributed by atoms with van der Waals surface area (Å²) in [5, 5.41) is 10.9. The van der Waals surface area contributed by atoms with E-state index in [0.717, 1.165) is 6.20 Å². The highest BCUT2D eigenvalue weighted by atomic mass is 19.1. The summed E-state index contributed by atoms with van der Waals surface area (Å²) in [4.78, 5) is 3.67. The van der Waals surface area contributed by atoms with E-state index in [1.165, 1.54) is 25.1 Å².